The Morgan fingerprint density at radius 1 is 1.22 bits per heavy atom. The van der Waals surface area contributed by atoms with E-state index in [2.05, 4.69) is 32.0 Å². The SMILES string of the molecule is C=Nc1nc[nH]c1C(=NC)N[C@@H](C)c1cc2cccc(F)c2c(=O)n1-c1cccc(F)c1. The minimum absolute atomic E-state index is 0.0659. The highest BCUT2D eigenvalue weighted by Crippen LogP contribution is 2.24. The molecule has 0 aliphatic carbocycles. The van der Waals surface area contributed by atoms with E-state index in [0.29, 0.717) is 28.4 Å². The third kappa shape index (κ3) is 3.68. The van der Waals surface area contributed by atoms with Crippen LogP contribution in [0.25, 0.3) is 16.5 Å². The summed E-state index contributed by atoms with van der Waals surface area (Å²) in [7, 11) is 1.60. The van der Waals surface area contributed by atoms with E-state index < -0.39 is 23.2 Å². The van der Waals surface area contributed by atoms with Gasteiger partial charge in [0, 0.05) is 12.7 Å². The second-order valence-electron chi connectivity index (χ2n) is 7.09. The number of aromatic amines is 1. The van der Waals surface area contributed by atoms with Crippen molar-refractivity contribution in [3.05, 3.63) is 88.2 Å². The van der Waals surface area contributed by atoms with Crippen LogP contribution in [0.5, 0.6) is 0 Å². The molecule has 9 heteroatoms. The predicted molar refractivity (Wildman–Crippen MR) is 121 cm³/mol. The highest BCUT2D eigenvalue weighted by Gasteiger charge is 2.21. The summed E-state index contributed by atoms with van der Waals surface area (Å²) in [6.07, 6.45) is 1.47. The second kappa shape index (κ2) is 8.54. The van der Waals surface area contributed by atoms with E-state index >= 15 is 0 Å². The summed E-state index contributed by atoms with van der Waals surface area (Å²) < 4.78 is 29.8. The molecule has 0 radical (unpaired) electrons. The van der Waals surface area contributed by atoms with Crippen LogP contribution in [-0.2, 0) is 0 Å². The topological polar surface area (TPSA) is 87.4 Å². The smallest absolute Gasteiger partial charge is 0.266 e. The van der Waals surface area contributed by atoms with Crippen LogP contribution in [0.3, 0.4) is 0 Å². The lowest BCUT2D eigenvalue weighted by Gasteiger charge is -2.22. The third-order valence-corrected chi connectivity index (χ3v) is 5.12. The summed E-state index contributed by atoms with van der Waals surface area (Å²) in [4.78, 5) is 28.5. The molecule has 1 atom stereocenters. The fourth-order valence-corrected chi connectivity index (χ4v) is 3.65. The first-order valence-corrected chi connectivity index (χ1v) is 9.78. The molecule has 7 nitrogen and oxygen atoms in total. The van der Waals surface area contributed by atoms with E-state index in [0.717, 1.165) is 0 Å². The van der Waals surface area contributed by atoms with Crippen molar-refractivity contribution in [2.24, 2.45) is 9.98 Å². The van der Waals surface area contributed by atoms with Crippen LogP contribution < -0.4 is 10.9 Å². The molecule has 32 heavy (non-hydrogen) atoms. The van der Waals surface area contributed by atoms with E-state index in [1.165, 1.54) is 41.2 Å². The van der Waals surface area contributed by atoms with Gasteiger partial charge in [0.2, 0.25) is 0 Å². The van der Waals surface area contributed by atoms with Gasteiger partial charge < -0.3 is 10.3 Å². The van der Waals surface area contributed by atoms with Crippen molar-refractivity contribution in [2.45, 2.75) is 13.0 Å². The Hall–Kier alpha value is -4.14. The Balaban J connectivity index is 1.90. The van der Waals surface area contributed by atoms with Crippen LogP contribution in [0.4, 0.5) is 14.6 Å². The molecule has 4 aromatic rings. The molecule has 0 unspecified atom stereocenters. The number of hydrogen-bond acceptors (Lipinski definition) is 4. The molecule has 0 fully saturated rings. The number of benzene rings is 2. The van der Waals surface area contributed by atoms with Crippen LogP contribution in [0.1, 0.15) is 24.4 Å². The maximum absolute atomic E-state index is 14.5. The van der Waals surface area contributed by atoms with Gasteiger partial charge in [-0.1, -0.05) is 18.2 Å². The Kier molecular flexibility index (Phi) is 5.63. The molecule has 0 aliphatic heterocycles. The fourth-order valence-electron chi connectivity index (χ4n) is 3.65. The summed E-state index contributed by atoms with van der Waals surface area (Å²) in [5.74, 6) is -0.340. The molecule has 2 aromatic carbocycles. The van der Waals surface area contributed by atoms with Crippen molar-refractivity contribution in [3.63, 3.8) is 0 Å². The standard InChI is InChI=1S/C23H20F2N6O/c1-13(30-22(27-3)20-21(26-2)29-12-28-20)18-10-14-6-4-9-17(25)19(14)23(32)31(18)16-8-5-7-15(24)11-16/h4-13H,2H2,1,3H3,(H,27,30)(H,28,29)/t13-/m0/s1. The highest BCUT2D eigenvalue weighted by atomic mass is 19.1. The molecule has 162 valence electrons. The highest BCUT2D eigenvalue weighted by molar-refractivity contribution is 6.01. The maximum Gasteiger partial charge on any atom is 0.266 e. The van der Waals surface area contributed by atoms with Crippen molar-refractivity contribution < 1.29 is 8.78 Å². The number of nitrogens with one attached hydrogen (secondary N) is 2. The van der Waals surface area contributed by atoms with Crippen LogP contribution >= 0.6 is 0 Å². The summed E-state index contributed by atoms with van der Waals surface area (Å²) >= 11 is 0. The van der Waals surface area contributed by atoms with Crippen LogP contribution in [0.15, 0.2) is 69.6 Å². The predicted octanol–water partition coefficient (Wildman–Crippen LogP) is 4.05. The van der Waals surface area contributed by atoms with Crippen LogP contribution in [0.2, 0.25) is 0 Å². The number of imidazole rings is 1. The maximum atomic E-state index is 14.5. The van der Waals surface area contributed by atoms with Gasteiger partial charge >= 0.3 is 0 Å². The van der Waals surface area contributed by atoms with E-state index in [1.54, 1.807) is 25.2 Å². The van der Waals surface area contributed by atoms with Crippen LogP contribution in [0, 0.1) is 11.6 Å². The second-order valence-corrected chi connectivity index (χ2v) is 7.09. The van der Waals surface area contributed by atoms with Gasteiger partial charge in [0.25, 0.3) is 5.56 Å². The lowest BCUT2D eigenvalue weighted by molar-refractivity contribution is 0.621. The van der Waals surface area contributed by atoms with Gasteiger partial charge in [-0.2, -0.15) is 0 Å². The molecule has 0 amide bonds. The monoisotopic (exact) mass is 434 g/mol. The largest absolute Gasteiger partial charge is 0.361 e. The zero-order chi connectivity index (χ0) is 22.8. The van der Waals surface area contributed by atoms with Gasteiger partial charge in [-0.25, -0.2) is 18.8 Å². The lowest BCUT2D eigenvalue weighted by atomic mass is 10.1. The van der Waals surface area contributed by atoms with E-state index in [-0.39, 0.29) is 11.1 Å². The third-order valence-electron chi connectivity index (χ3n) is 5.12. The number of halogens is 2. The lowest BCUT2D eigenvalue weighted by Crippen LogP contribution is -2.33. The summed E-state index contributed by atoms with van der Waals surface area (Å²) in [6, 6.07) is 11.2. The molecule has 0 bridgehead atoms. The first-order valence-electron chi connectivity index (χ1n) is 9.78. The van der Waals surface area contributed by atoms with Gasteiger partial charge in [0.1, 0.15) is 23.2 Å². The molecule has 2 N–H and O–H groups in total. The van der Waals surface area contributed by atoms with Gasteiger partial charge in [-0.15, -0.1) is 0 Å². The Labute approximate surface area is 182 Å². The molecule has 0 aliphatic rings. The average Bonchev–Trinajstić information content (AvgIpc) is 3.25. The number of nitrogens with zero attached hydrogens (tertiary/aromatic N) is 4. The van der Waals surface area contributed by atoms with E-state index in [4.69, 9.17) is 0 Å². The van der Waals surface area contributed by atoms with Crippen molar-refractivity contribution in [3.8, 4) is 5.69 Å². The average molecular weight is 434 g/mol. The number of hydrogen-bond donors (Lipinski definition) is 2. The van der Waals surface area contributed by atoms with Gasteiger partial charge in [-0.3, -0.25) is 14.4 Å². The Bertz CT molecular complexity index is 1410. The first-order chi connectivity index (χ1) is 15.4. The summed E-state index contributed by atoms with van der Waals surface area (Å²) in [6.45, 7) is 5.32. The van der Waals surface area contributed by atoms with Gasteiger partial charge in [0.15, 0.2) is 5.82 Å². The summed E-state index contributed by atoms with van der Waals surface area (Å²) in [5, 5.41) is 3.61. The van der Waals surface area contributed by atoms with Crippen molar-refractivity contribution in [1.82, 2.24) is 19.9 Å². The molecule has 0 saturated carbocycles. The Morgan fingerprint density at radius 3 is 2.72 bits per heavy atom. The van der Waals surface area contributed by atoms with Gasteiger partial charge in [0.05, 0.1) is 23.4 Å². The van der Waals surface area contributed by atoms with E-state index in [9.17, 15) is 13.6 Å². The zero-order valence-electron chi connectivity index (χ0n) is 17.4. The number of aromatic nitrogens is 3. The van der Waals surface area contributed by atoms with Crippen molar-refractivity contribution in [2.75, 3.05) is 7.05 Å². The molecular formula is C23H20F2N6O. The number of pyridine rings is 1. The number of rotatable bonds is 5. The summed E-state index contributed by atoms with van der Waals surface area (Å²) in [5.41, 5.74) is 0.724. The molecule has 2 heterocycles. The Morgan fingerprint density at radius 2 is 2.00 bits per heavy atom. The number of fused-ring (bicyclic) bond motifs is 1. The van der Waals surface area contributed by atoms with E-state index in [1.807, 2.05) is 6.92 Å². The van der Waals surface area contributed by atoms with Crippen molar-refractivity contribution >= 4 is 29.1 Å². The molecule has 0 saturated heterocycles. The van der Waals surface area contributed by atoms with Gasteiger partial charge in [-0.05, 0) is 49.4 Å². The minimum atomic E-state index is -0.639. The van der Waals surface area contributed by atoms with Crippen LogP contribution in [-0.4, -0.2) is 34.1 Å². The van der Waals surface area contributed by atoms with Crippen molar-refractivity contribution in [1.29, 1.82) is 0 Å². The molecular weight excluding hydrogens is 414 g/mol. The number of H-pyrrole nitrogens is 1. The zero-order valence-corrected chi connectivity index (χ0v) is 17.4. The molecule has 0 spiro atoms. The fraction of sp³-hybridized carbons (Fsp3) is 0.130. The quantitative estimate of drug-likeness (QED) is 0.367. The molecule has 4 rings (SSSR count). The number of aliphatic imine (C=N–C) groups is 2. The minimum Gasteiger partial charge on any atom is -0.361 e. The first kappa shape index (κ1) is 21.1. The molecule has 2 aromatic heterocycles. The number of amidine groups is 1. The normalized spacial score (nSPS) is 12.7.